The second-order valence-corrected chi connectivity index (χ2v) is 5.31. The van der Waals surface area contributed by atoms with Crippen LogP contribution in [0.3, 0.4) is 0 Å². The van der Waals surface area contributed by atoms with Gasteiger partial charge < -0.3 is 10.2 Å². The van der Waals surface area contributed by atoms with Gasteiger partial charge in [0.25, 0.3) is 0 Å². The van der Waals surface area contributed by atoms with E-state index in [4.69, 9.17) is 0 Å². The van der Waals surface area contributed by atoms with Crippen molar-refractivity contribution in [1.29, 1.82) is 0 Å². The first-order valence-corrected chi connectivity index (χ1v) is 4.76. The third-order valence-corrected chi connectivity index (χ3v) is 4.85. The van der Waals surface area contributed by atoms with Gasteiger partial charge in [0.2, 0.25) is 0 Å². The Hall–Kier alpha value is -0.0800. The van der Waals surface area contributed by atoms with Crippen molar-refractivity contribution in [3.8, 4) is 0 Å². The van der Waals surface area contributed by atoms with Crippen molar-refractivity contribution in [2.45, 2.75) is 45.8 Å². The molecule has 0 aromatic carbocycles. The van der Waals surface area contributed by atoms with Crippen LogP contribution in [-0.4, -0.2) is 16.0 Å². The largest absolute Gasteiger partial charge is 0.365 e. The Bertz CT molecular complexity index is 220. The molecule has 0 aromatic rings. The number of hydrogen-bond donors (Lipinski definition) is 2. The third kappa shape index (κ3) is 0.647. The van der Waals surface area contributed by atoms with Crippen molar-refractivity contribution in [1.82, 2.24) is 0 Å². The maximum atomic E-state index is 9.84. The molecule has 0 spiro atoms. The summed E-state index contributed by atoms with van der Waals surface area (Å²) in [6.45, 7) is 6.34. The molecule has 2 atom stereocenters. The van der Waals surface area contributed by atoms with Crippen LogP contribution in [0.25, 0.3) is 0 Å². The van der Waals surface area contributed by atoms with Gasteiger partial charge in [0.15, 0.2) is 5.79 Å². The number of aliphatic hydroxyl groups is 2. The first-order chi connectivity index (χ1) is 5.31. The van der Waals surface area contributed by atoms with Crippen LogP contribution in [0.15, 0.2) is 0 Å². The molecule has 0 aliphatic heterocycles. The lowest BCUT2D eigenvalue weighted by atomic mass is 9.68. The van der Waals surface area contributed by atoms with Crippen LogP contribution in [0.2, 0.25) is 0 Å². The van der Waals surface area contributed by atoms with Gasteiger partial charge >= 0.3 is 0 Å². The van der Waals surface area contributed by atoms with Crippen LogP contribution in [0.1, 0.15) is 40.0 Å². The molecule has 0 heterocycles. The molecule has 2 rings (SSSR count). The molecule has 2 aliphatic rings. The van der Waals surface area contributed by atoms with Gasteiger partial charge in [-0.15, -0.1) is 0 Å². The van der Waals surface area contributed by atoms with Gasteiger partial charge in [-0.25, -0.2) is 0 Å². The molecule has 0 amide bonds. The van der Waals surface area contributed by atoms with Crippen LogP contribution >= 0.6 is 0 Å². The molecular formula is C10H18O2. The molecule has 0 radical (unpaired) electrons. The fourth-order valence-electron chi connectivity index (χ4n) is 3.24. The maximum Gasteiger partial charge on any atom is 0.168 e. The molecular weight excluding hydrogens is 152 g/mol. The highest BCUT2D eigenvalue weighted by Gasteiger charge is 2.68. The predicted octanol–water partition coefficient (Wildman–Crippen LogP) is 1.51. The Kier molecular flexibility index (Phi) is 1.33. The summed E-state index contributed by atoms with van der Waals surface area (Å²) >= 11 is 0. The first-order valence-electron chi connectivity index (χ1n) is 4.76. The van der Waals surface area contributed by atoms with Crippen molar-refractivity contribution in [2.24, 2.45) is 16.7 Å². The molecule has 0 aromatic heterocycles. The Morgan fingerprint density at radius 3 is 1.92 bits per heavy atom. The fourth-order valence-corrected chi connectivity index (χ4v) is 3.24. The second-order valence-electron chi connectivity index (χ2n) is 5.31. The third-order valence-electron chi connectivity index (χ3n) is 4.85. The zero-order valence-electron chi connectivity index (χ0n) is 8.09. The number of fused-ring (bicyclic) bond motifs is 2. The lowest BCUT2D eigenvalue weighted by molar-refractivity contribution is -0.241. The lowest BCUT2D eigenvalue weighted by Crippen LogP contribution is -2.46. The lowest BCUT2D eigenvalue weighted by Gasteiger charge is -2.41. The van der Waals surface area contributed by atoms with Gasteiger partial charge in [-0.05, 0) is 24.2 Å². The summed E-state index contributed by atoms with van der Waals surface area (Å²) in [7, 11) is 0. The molecule has 2 saturated carbocycles. The van der Waals surface area contributed by atoms with E-state index in [1.165, 1.54) is 0 Å². The first kappa shape index (κ1) is 8.52. The van der Waals surface area contributed by atoms with Gasteiger partial charge in [-0.1, -0.05) is 20.8 Å². The van der Waals surface area contributed by atoms with Crippen LogP contribution in [-0.2, 0) is 0 Å². The molecule has 1 unspecified atom stereocenters. The van der Waals surface area contributed by atoms with E-state index in [-0.39, 0.29) is 10.8 Å². The normalized spacial score (nSPS) is 48.2. The highest BCUT2D eigenvalue weighted by Crippen LogP contribution is 2.68. The van der Waals surface area contributed by atoms with Crippen molar-refractivity contribution < 1.29 is 10.2 Å². The Balaban J connectivity index is 2.47. The van der Waals surface area contributed by atoms with Crippen LogP contribution in [0.4, 0.5) is 0 Å². The SMILES string of the molecule is CC1(C)C2CC[C@]1(C)C(O)(O)C2. The molecule has 2 heteroatoms. The highest BCUT2D eigenvalue weighted by molar-refractivity contribution is 5.13. The minimum Gasteiger partial charge on any atom is -0.365 e. The van der Waals surface area contributed by atoms with E-state index in [1.54, 1.807) is 0 Å². The number of hydrogen-bond acceptors (Lipinski definition) is 2. The van der Waals surface area contributed by atoms with Gasteiger partial charge in [-0.2, -0.15) is 0 Å². The molecule has 70 valence electrons. The van der Waals surface area contributed by atoms with E-state index >= 15 is 0 Å². The summed E-state index contributed by atoms with van der Waals surface area (Å²) < 4.78 is 0. The molecule has 12 heavy (non-hydrogen) atoms. The standard InChI is InChI=1S/C10H18O2/c1-8(2)7-4-5-9(8,3)10(11,12)6-7/h7,11-12H,4-6H2,1-3H3/t7?,9-/m0/s1. The van der Waals surface area contributed by atoms with E-state index in [0.717, 1.165) is 12.8 Å². The predicted molar refractivity (Wildman–Crippen MR) is 46.4 cm³/mol. The minimum absolute atomic E-state index is 0.0938. The molecule has 2 aliphatic carbocycles. The van der Waals surface area contributed by atoms with E-state index in [9.17, 15) is 10.2 Å². The van der Waals surface area contributed by atoms with Gasteiger partial charge in [-0.3, -0.25) is 0 Å². The average Bonchev–Trinajstić information content (AvgIpc) is 2.18. The second kappa shape index (κ2) is 1.88. The Morgan fingerprint density at radius 2 is 1.75 bits per heavy atom. The van der Waals surface area contributed by atoms with E-state index in [1.807, 2.05) is 6.92 Å². The monoisotopic (exact) mass is 170 g/mol. The summed E-state index contributed by atoms with van der Waals surface area (Å²) in [5.74, 6) is -0.920. The minimum atomic E-state index is -1.42. The van der Waals surface area contributed by atoms with E-state index < -0.39 is 5.79 Å². The van der Waals surface area contributed by atoms with Crippen LogP contribution < -0.4 is 0 Å². The molecule has 2 N–H and O–H groups in total. The van der Waals surface area contributed by atoms with Crippen LogP contribution in [0, 0.1) is 16.7 Å². The summed E-state index contributed by atoms with van der Waals surface area (Å²) in [6, 6.07) is 0. The number of rotatable bonds is 0. The maximum absolute atomic E-state index is 9.84. The molecule has 2 fully saturated rings. The summed E-state index contributed by atoms with van der Waals surface area (Å²) in [4.78, 5) is 0. The topological polar surface area (TPSA) is 40.5 Å². The average molecular weight is 170 g/mol. The zero-order valence-corrected chi connectivity index (χ0v) is 8.09. The summed E-state index contributed by atoms with van der Waals surface area (Å²) in [6.07, 6.45) is 2.68. The highest BCUT2D eigenvalue weighted by atomic mass is 16.5. The van der Waals surface area contributed by atoms with Gasteiger partial charge in [0.1, 0.15) is 0 Å². The van der Waals surface area contributed by atoms with E-state index in [2.05, 4.69) is 13.8 Å². The van der Waals surface area contributed by atoms with Crippen molar-refractivity contribution in [3.05, 3.63) is 0 Å². The van der Waals surface area contributed by atoms with Crippen molar-refractivity contribution in [2.75, 3.05) is 0 Å². The van der Waals surface area contributed by atoms with Crippen molar-refractivity contribution in [3.63, 3.8) is 0 Å². The summed E-state index contributed by atoms with van der Waals surface area (Å²) in [5.41, 5.74) is -0.193. The van der Waals surface area contributed by atoms with Gasteiger partial charge in [0, 0.05) is 11.8 Å². The molecule has 0 saturated heterocycles. The molecule has 2 bridgehead atoms. The summed E-state index contributed by atoms with van der Waals surface area (Å²) in [5, 5.41) is 19.7. The zero-order chi connectivity index (χ0) is 9.20. The fraction of sp³-hybridized carbons (Fsp3) is 1.00. The van der Waals surface area contributed by atoms with Crippen molar-refractivity contribution >= 4 is 0 Å². The Labute approximate surface area is 73.6 Å². The van der Waals surface area contributed by atoms with Gasteiger partial charge in [0.05, 0.1) is 0 Å². The van der Waals surface area contributed by atoms with Crippen LogP contribution in [0.5, 0.6) is 0 Å². The smallest absolute Gasteiger partial charge is 0.168 e. The Morgan fingerprint density at radius 1 is 1.17 bits per heavy atom. The van der Waals surface area contributed by atoms with E-state index in [0.29, 0.717) is 12.3 Å². The molecule has 2 nitrogen and oxygen atoms in total. The quantitative estimate of drug-likeness (QED) is 0.541.